The lowest BCUT2D eigenvalue weighted by Crippen LogP contribution is -1.95. The van der Waals surface area contributed by atoms with E-state index in [4.69, 9.17) is 10.2 Å². The number of thiophene rings is 1. The summed E-state index contributed by atoms with van der Waals surface area (Å²) in [5.74, 6) is 1.40. The molecule has 2 rings (SSSR count). The van der Waals surface area contributed by atoms with E-state index in [2.05, 4.69) is 20.9 Å². The zero-order valence-corrected chi connectivity index (χ0v) is 9.98. The van der Waals surface area contributed by atoms with Crippen molar-refractivity contribution in [2.45, 2.75) is 13.5 Å². The Balaban J connectivity index is 2.42. The van der Waals surface area contributed by atoms with Crippen LogP contribution in [-0.2, 0) is 6.54 Å². The molecule has 0 aromatic carbocycles. The van der Waals surface area contributed by atoms with Gasteiger partial charge in [-0.05, 0) is 28.9 Å². The number of rotatable bonds is 2. The third-order valence-electron chi connectivity index (χ3n) is 1.89. The van der Waals surface area contributed by atoms with Crippen molar-refractivity contribution in [3.05, 3.63) is 26.7 Å². The molecule has 0 bridgehead atoms. The molecule has 0 aliphatic rings. The molecule has 0 saturated carbocycles. The predicted octanol–water partition coefficient (Wildman–Crippen LogP) is 2.93. The number of hydrogen-bond donors (Lipinski definition) is 1. The molecular formula is C9H9BrN2OS. The quantitative estimate of drug-likeness (QED) is 0.915. The Kier molecular flexibility index (Phi) is 2.71. The zero-order valence-electron chi connectivity index (χ0n) is 7.58. The number of oxazole rings is 1. The molecule has 0 aliphatic carbocycles. The van der Waals surface area contributed by atoms with Crippen LogP contribution in [0.3, 0.4) is 0 Å². The average Bonchev–Trinajstić information content (AvgIpc) is 2.71. The standard InChI is InChI=1S/C9H9BrN2OS/c1-5-7(3-11)13-9(12-5)6-2-8(10)14-4-6/h2,4H,3,11H2,1H3. The third kappa shape index (κ3) is 1.75. The van der Waals surface area contributed by atoms with Gasteiger partial charge in [0, 0.05) is 10.9 Å². The average molecular weight is 273 g/mol. The van der Waals surface area contributed by atoms with Crippen LogP contribution >= 0.6 is 27.3 Å². The Labute approximate surface area is 94.1 Å². The van der Waals surface area contributed by atoms with Gasteiger partial charge in [-0.1, -0.05) is 0 Å². The molecule has 0 atom stereocenters. The van der Waals surface area contributed by atoms with E-state index in [0.717, 1.165) is 20.8 Å². The molecule has 2 aromatic rings. The van der Waals surface area contributed by atoms with Crippen molar-refractivity contribution < 1.29 is 4.42 Å². The Hall–Kier alpha value is -0.650. The van der Waals surface area contributed by atoms with Crippen LogP contribution in [-0.4, -0.2) is 4.98 Å². The lowest BCUT2D eigenvalue weighted by Gasteiger charge is -1.88. The van der Waals surface area contributed by atoms with Gasteiger partial charge in [-0.25, -0.2) is 4.98 Å². The molecule has 2 heterocycles. The summed E-state index contributed by atoms with van der Waals surface area (Å²) in [5.41, 5.74) is 7.36. The van der Waals surface area contributed by atoms with Gasteiger partial charge in [0.15, 0.2) is 0 Å². The number of nitrogens with zero attached hydrogens (tertiary/aromatic N) is 1. The predicted molar refractivity (Wildman–Crippen MR) is 60.1 cm³/mol. The van der Waals surface area contributed by atoms with Gasteiger partial charge in [0.2, 0.25) is 5.89 Å². The first-order chi connectivity index (χ1) is 6.70. The number of nitrogens with two attached hydrogens (primary N) is 1. The minimum Gasteiger partial charge on any atom is -0.440 e. The molecule has 5 heteroatoms. The zero-order chi connectivity index (χ0) is 10.1. The van der Waals surface area contributed by atoms with E-state index in [0.29, 0.717) is 12.4 Å². The van der Waals surface area contributed by atoms with E-state index >= 15 is 0 Å². The molecule has 0 amide bonds. The lowest BCUT2D eigenvalue weighted by molar-refractivity contribution is 0.519. The molecule has 2 N–H and O–H groups in total. The van der Waals surface area contributed by atoms with Crippen molar-refractivity contribution in [2.75, 3.05) is 0 Å². The van der Waals surface area contributed by atoms with Crippen LogP contribution in [0, 0.1) is 6.92 Å². The number of aromatic nitrogens is 1. The van der Waals surface area contributed by atoms with Crippen LogP contribution in [0.4, 0.5) is 0 Å². The number of halogens is 1. The van der Waals surface area contributed by atoms with Gasteiger partial charge >= 0.3 is 0 Å². The molecule has 74 valence electrons. The highest BCUT2D eigenvalue weighted by Crippen LogP contribution is 2.29. The SMILES string of the molecule is Cc1nc(-c2csc(Br)c2)oc1CN. The Morgan fingerprint density at radius 2 is 2.43 bits per heavy atom. The largest absolute Gasteiger partial charge is 0.440 e. The Bertz CT molecular complexity index is 449. The second-order valence-electron chi connectivity index (χ2n) is 2.87. The summed E-state index contributed by atoms with van der Waals surface area (Å²) in [6.45, 7) is 2.29. The van der Waals surface area contributed by atoms with Crippen molar-refractivity contribution in [1.29, 1.82) is 0 Å². The first-order valence-corrected chi connectivity index (χ1v) is 5.78. The minimum atomic E-state index is 0.393. The van der Waals surface area contributed by atoms with E-state index in [1.165, 1.54) is 0 Å². The van der Waals surface area contributed by atoms with Crippen molar-refractivity contribution in [3.63, 3.8) is 0 Å². The summed E-state index contributed by atoms with van der Waals surface area (Å²) >= 11 is 5.00. The molecule has 0 aliphatic heterocycles. The first kappa shape index (κ1) is 9.89. The third-order valence-corrected chi connectivity index (χ3v) is 3.40. The fourth-order valence-corrected chi connectivity index (χ4v) is 2.29. The van der Waals surface area contributed by atoms with Gasteiger partial charge in [0.1, 0.15) is 5.76 Å². The summed E-state index contributed by atoms with van der Waals surface area (Å²) < 4.78 is 6.58. The molecule has 3 nitrogen and oxygen atoms in total. The minimum absolute atomic E-state index is 0.393. The molecule has 0 unspecified atom stereocenters. The molecule has 0 radical (unpaired) electrons. The second kappa shape index (κ2) is 3.84. The van der Waals surface area contributed by atoms with Crippen LogP contribution in [0.5, 0.6) is 0 Å². The maximum absolute atomic E-state index is 5.51. The van der Waals surface area contributed by atoms with Gasteiger partial charge < -0.3 is 10.2 Å². The monoisotopic (exact) mass is 272 g/mol. The van der Waals surface area contributed by atoms with Crippen molar-refractivity contribution in [3.8, 4) is 11.5 Å². The van der Waals surface area contributed by atoms with Gasteiger partial charge in [0.05, 0.1) is 16.0 Å². The van der Waals surface area contributed by atoms with Gasteiger partial charge in [-0.15, -0.1) is 11.3 Å². The van der Waals surface area contributed by atoms with E-state index in [-0.39, 0.29) is 0 Å². The summed E-state index contributed by atoms with van der Waals surface area (Å²) in [6, 6.07) is 1.98. The van der Waals surface area contributed by atoms with E-state index in [1.807, 2.05) is 18.4 Å². The van der Waals surface area contributed by atoms with Crippen molar-refractivity contribution in [1.82, 2.24) is 4.98 Å². The Morgan fingerprint density at radius 1 is 1.64 bits per heavy atom. The molecule has 0 spiro atoms. The maximum atomic E-state index is 5.51. The normalized spacial score (nSPS) is 10.8. The lowest BCUT2D eigenvalue weighted by atomic mass is 10.3. The van der Waals surface area contributed by atoms with Crippen LogP contribution in [0.25, 0.3) is 11.5 Å². The van der Waals surface area contributed by atoms with Crippen molar-refractivity contribution >= 4 is 27.3 Å². The highest BCUT2D eigenvalue weighted by Gasteiger charge is 2.11. The summed E-state index contributed by atoms with van der Waals surface area (Å²) in [5, 5.41) is 2.00. The summed E-state index contributed by atoms with van der Waals surface area (Å²) in [7, 11) is 0. The smallest absolute Gasteiger partial charge is 0.227 e. The molecular weight excluding hydrogens is 264 g/mol. The number of hydrogen-bond acceptors (Lipinski definition) is 4. The van der Waals surface area contributed by atoms with E-state index in [1.54, 1.807) is 11.3 Å². The van der Waals surface area contributed by atoms with Crippen LogP contribution in [0.2, 0.25) is 0 Å². The molecule has 0 fully saturated rings. The number of aryl methyl sites for hydroxylation is 1. The van der Waals surface area contributed by atoms with E-state index < -0.39 is 0 Å². The van der Waals surface area contributed by atoms with Gasteiger partial charge in [-0.3, -0.25) is 0 Å². The highest BCUT2D eigenvalue weighted by molar-refractivity contribution is 9.11. The van der Waals surface area contributed by atoms with Crippen LogP contribution < -0.4 is 5.73 Å². The second-order valence-corrected chi connectivity index (χ2v) is 5.16. The molecule has 14 heavy (non-hydrogen) atoms. The topological polar surface area (TPSA) is 52.0 Å². The molecule has 2 aromatic heterocycles. The van der Waals surface area contributed by atoms with Gasteiger partial charge in [-0.2, -0.15) is 0 Å². The van der Waals surface area contributed by atoms with Crippen LogP contribution in [0.1, 0.15) is 11.5 Å². The summed E-state index contributed by atoms with van der Waals surface area (Å²) in [4.78, 5) is 4.30. The fraction of sp³-hybridized carbons (Fsp3) is 0.222. The van der Waals surface area contributed by atoms with Gasteiger partial charge in [0.25, 0.3) is 0 Å². The summed E-state index contributed by atoms with van der Waals surface area (Å²) in [6.07, 6.45) is 0. The van der Waals surface area contributed by atoms with Crippen molar-refractivity contribution in [2.24, 2.45) is 5.73 Å². The maximum Gasteiger partial charge on any atom is 0.227 e. The highest BCUT2D eigenvalue weighted by atomic mass is 79.9. The fourth-order valence-electron chi connectivity index (χ4n) is 1.16. The Morgan fingerprint density at radius 3 is 2.93 bits per heavy atom. The van der Waals surface area contributed by atoms with Crippen LogP contribution in [0.15, 0.2) is 19.6 Å². The molecule has 0 saturated heterocycles. The first-order valence-electron chi connectivity index (χ1n) is 4.11. The van der Waals surface area contributed by atoms with E-state index in [9.17, 15) is 0 Å².